The van der Waals surface area contributed by atoms with Gasteiger partial charge in [0, 0.05) is 48.4 Å². The molecule has 1 saturated carbocycles. The van der Waals surface area contributed by atoms with Crippen LogP contribution in [-0.4, -0.2) is 26.5 Å². The van der Waals surface area contributed by atoms with E-state index < -0.39 is 0 Å². The van der Waals surface area contributed by atoms with Crippen molar-refractivity contribution in [2.24, 2.45) is 7.05 Å². The average Bonchev–Trinajstić information content (AvgIpc) is 3.11. The number of aromatic nitrogens is 3. The van der Waals surface area contributed by atoms with E-state index in [1.807, 2.05) is 23.9 Å². The molecule has 1 aliphatic carbocycles. The van der Waals surface area contributed by atoms with E-state index in [0.29, 0.717) is 17.1 Å². The van der Waals surface area contributed by atoms with Gasteiger partial charge in [0.25, 0.3) is 5.91 Å². The summed E-state index contributed by atoms with van der Waals surface area (Å²) in [6.45, 7) is 0. The minimum atomic E-state index is -0.318. The molecule has 28 heavy (non-hydrogen) atoms. The first-order valence-corrected chi connectivity index (χ1v) is 9.66. The van der Waals surface area contributed by atoms with E-state index in [1.54, 1.807) is 24.5 Å². The minimum absolute atomic E-state index is 0.0436. The van der Waals surface area contributed by atoms with Crippen LogP contribution >= 0.6 is 0 Å². The quantitative estimate of drug-likeness (QED) is 0.734. The fraction of sp³-hybridized carbons (Fsp3) is 0.318. The van der Waals surface area contributed by atoms with Gasteiger partial charge in [0.05, 0.1) is 0 Å². The van der Waals surface area contributed by atoms with Crippen LogP contribution in [0, 0.1) is 5.82 Å². The van der Waals surface area contributed by atoms with Crippen LogP contribution in [0.1, 0.15) is 42.6 Å². The molecule has 1 fully saturated rings. The summed E-state index contributed by atoms with van der Waals surface area (Å²) in [5.74, 6) is 0.106. The van der Waals surface area contributed by atoms with Crippen LogP contribution in [0.15, 0.2) is 48.9 Å². The lowest BCUT2D eigenvalue weighted by atomic mass is 9.95. The summed E-state index contributed by atoms with van der Waals surface area (Å²) < 4.78 is 15.2. The third-order valence-corrected chi connectivity index (χ3v) is 5.25. The Morgan fingerprint density at radius 3 is 2.54 bits per heavy atom. The molecular weight excluding hydrogens is 355 g/mol. The molecule has 0 unspecified atom stereocenters. The van der Waals surface area contributed by atoms with Gasteiger partial charge in [-0.15, -0.1) is 0 Å². The summed E-state index contributed by atoms with van der Waals surface area (Å²) in [6, 6.07) is 8.34. The lowest BCUT2D eigenvalue weighted by Gasteiger charge is -2.22. The average molecular weight is 378 g/mol. The van der Waals surface area contributed by atoms with Crippen LogP contribution in [-0.2, 0) is 7.05 Å². The van der Waals surface area contributed by atoms with Crippen molar-refractivity contribution < 1.29 is 9.18 Å². The molecule has 1 aliphatic rings. The molecule has 5 nitrogen and oxygen atoms in total. The first-order valence-electron chi connectivity index (χ1n) is 9.66. The second-order valence-corrected chi connectivity index (χ2v) is 7.34. The van der Waals surface area contributed by atoms with Crippen LogP contribution < -0.4 is 5.32 Å². The molecule has 0 aliphatic heterocycles. The molecule has 1 amide bonds. The third-order valence-electron chi connectivity index (χ3n) is 5.25. The summed E-state index contributed by atoms with van der Waals surface area (Å²) >= 11 is 0. The Kier molecular flexibility index (Phi) is 5.19. The number of carbonyl (C=O) groups is 1. The maximum atomic E-state index is 13.4. The van der Waals surface area contributed by atoms with Gasteiger partial charge >= 0.3 is 0 Å². The van der Waals surface area contributed by atoms with E-state index in [-0.39, 0.29) is 17.8 Å². The van der Waals surface area contributed by atoms with Gasteiger partial charge in [0.2, 0.25) is 0 Å². The van der Waals surface area contributed by atoms with E-state index >= 15 is 0 Å². The van der Waals surface area contributed by atoms with Crippen LogP contribution in [0.25, 0.3) is 22.5 Å². The van der Waals surface area contributed by atoms with Crippen molar-refractivity contribution in [1.82, 2.24) is 19.9 Å². The molecule has 2 aromatic heterocycles. The molecular formula is C22H23FN4O. The number of rotatable bonds is 4. The molecule has 6 heteroatoms. The summed E-state index contributed by atoms with van der Waals surface area (Å²) in [4.78, 5) is 21.4. The normalized spacial score (nSPS) is 14.8. The van der Waals surface area contributed by atoms with Gasteiger partial charge in [-0.05, 0) is 31.0 Å². The second-order valence-electron chi connectivity index (χ2n) is 7.34. The first-order chi connectivity index (χ1) is 13.6. The van der Waals surface area contributed by atoms with Gasteiger partial charge in [0.15, 0.2) is 5.82 Å². The number of halogens is 1. The molecule has 1 aromatic carbocycles. The minimum Gasteiger partial charge on any atom is -0.348 e. The van der Waals surface area contributed by atoms with E-state index in [1.165, 1.54) is 31.4 Å². The lowest BCUT2D eigenvalue weighted by Crippen LogP contribution is -2.36. The van der Waals surface area contributed by atoms with E-state index in [0.717, 1.165) is 24.0 Å². The van der Waals surface area contributed by atoms with Gasteiger partial charge in [-0.3, -0.25) is 4.79 Å². The fourth-order valence-electron chi connectivity index (χ4n) is 3.71. The maximum absolute atomic E-state index is 13.4. The first kappa shape index (κ1) is 18.3. The predicted molar refractivity (Wildman–Crippen MR) is 106 cm³/mol. The Labute approximate surface area is 163 Å². The van der Waals surface area contributed by atoms with Crippen LogP contribution in [0.2, 0.25) is 0 Å². The lowest BCUT2D eigenvalue weighted by molar-refractivity contribution is 0.0919. The van der Waals surface area contributed by atoms with Gasteiger partial charge < -0.3 is 9.88 Å². The van der Waals surface area contributed by atoms with Crippen LogP contribution in [0.3, 0.4) is 0 Å². The highest BCUT2D eigenvalue weighted by Crippen LogP contribution is 2.24. The standard InChI is InChI=1S/C22H23FN4O/c1-27-14-16(11-20(27)22(28)26-19-8-3-2-4-9-19)17-12-24-21(25-13-17)15-6-5-7-18(23)10-15/h5-7,10-14,19H,2-4,8-9H2,1H3,(H,26,28). The van der Waals surface area contributed by atoms with Crippen molar-refractivity contribution in [2.45, 2.75) is 38.1 Å². The third kappa shape index (κ3) is 3.96. The Morgan fingerprint density at radius 2 is 1.82 bits per heavy atom. The number of benzene rings is 1. The molecule has 4 rings (SSSR count). The SMILES string of the molecule is Cn1cc(-c2cnc(-c3cccc(F)c3)nc2)cc1C(=O)NC1CCCCC1. The fourth-order valence-corrected chi connectivity index (χ4v) is 3.71. The molecule has 0 radical (unpaired) electrons. The zero-order valence-corrected chi connectivity index (χ0v) is 15.9. The number of hydrogen-bond donors (Lipinski definition) is 1. The van der Waals surface area contributed by atoms with Crippen molar-refractivity contribution in [2.75, 3.05) is 0 Å². The predicted octanol–water partition coefficient (Wildman–Crippen LogP) is 4.35. The Hall–Kier alpha value is -3.02. The Bertz CT molecular complexity index is 974. The number of hydrogen-bond acceptors (Lipinski definition) is 3. The zero-order valence-electron chi connectivity index (χ0n) is 15.9. The van der Waals surface area contributed by atoms with Crippen molar-refractivity contribution in [3.05, 3.63) is 60.4 Å². The summed E-state index contributed by atoms with van der Waals surface area (Å²) in [5, 5.41) is 3.15. The number of nitrogens with zero attached hydrogens (tertiary/aromatic N) is 3. The Balaban J connectivity index is 1.52. The van der Waals surface area contributed by atoms with Gasteiger partial charge in [0.1, 0.15) is 11.5 Å². The molecule has 2 heterocycles. The van der Waals surface area contributed by atoms with Crippen molar-refractivity contribution >= 4 is 5.91 Å². The number of aryl methyl sites for hydroxylation is 1. The molecule has 0 spiro atoms. The molecule has 3 aromatic rings. The summed E-state index contributed by atoms with van der Waals surface area (Å²) in [5.41, 5.74) is 2.94. The largest absolute Gasteiger partial charge is 0.348 e. The topological polar surface area (TPSA) is 59.8 Å². The maximum Gasteiger partial charge on any atom is 0.268 e. The molecule has 1 N–H and O–H groups in total. The highest BCUT2D eigenvalue weighted by Gasteiger charge is 2.19. The van der Waals surface area contributed by atoms with Crippen molar-refractivity contribution in [3.63, 3.8) is 0 Å². The van der Waals surface area contributed by atoms with Crippen molar-refractivity contribution in [3.8, 4) is 22.5 Å². The van der Waals surface area contributed by atoms with Gasteiger partial charge in [-0.1, -0.05) is 31.4 Å². The highest BCUT2D eigenvalue weighted by atomic mass is 19.1. The second kappa shape index (κ2) is 7.92. The van der Waals surface area contributed by atoms with E-state index in [4.69, 9.17) is 0 Å². The van der Waals surface area contributed by atoms with E-state index in [9.17, 15) is 9.18 Å². The Morgan fingerprint density at radius 1 is 1.07 bits per heavy atom. The van der Waals surface area contributed by atoms with Gasteiger partial charge in [-0.2, -0.15) is 0 Å². The summed E-state index contributed by atoms with van der Waals surface area (Å²) in [6.07, 6.45) is 11.0. The smallest absolute Gasteiger partial charge is 0.268 e. The van der Waals surface area contributed by atoms with Crippen LogP contribution in [0.4, 0.5) is 4.39 Å². The molecule has 0 bridgehead atoms. The summed E-state index contributed by atoms with van der Waals surface area (Å²) in [7, 11) is 1.86. The molecule has 0 saturated heterocycles. The van der Waals surface area contributed by atoms with E-state index in [2.05, 4.69) is 15.3 Å². The number of carbonyl (C=O) groups excluding carboxylic acids is 1. The number of amides is 1. The van der Waals surface area contributed by atoms with Gasteiger partial charge in [-0.25, -0.2) is 14.4 Å². The monoisotopic (exact) mass is 378 g/mol. The van der Waals surface area contributed by atoms with Crippen molar-refractivity contribution in [1.29, 1.82) is 0 Å². The molecule has 0 atom stereocenters. The highest BCUT2D eigenvalue weighted by molar-refractivity contribution is 5.94. The zero-order chi connectivity index (χ0) is 19.5. The number of nitrogens with one attached hydrogen (secondary N) is 1. The van der Waals surface area contributed by atoms with Crippen LogP contribution in [0.5, 0.6) is 0 Å². The molecule has 144 valence electrons.